The van der Waals surface area contributed by atoms with Crippen LogP contribution in [0.2, 0.25) is 0 Å². The van der Waals surface area contributed by atoms with E-state index in [0.717, 1.165) is 48.5 Å². The molecule has 12 heteroatoms. The zero-order valence-corrected chi connectivity index (χ0v) is 27.5. The second kappa shape index (κ2) is 15.5. The number of carbonyl (C=O) groups is 4. The number of aliphatic hydroxyl groups is 1. The third-order valence-electron chi connectivity index (χ3n) is 9.15. The first-order chi connectivity index (χ1) is 21.9. The number of aromatic nitrogens is 1. The van der Waals surface area contributed by atoms with Crippen molar-refractivity contribution in [2.24, 2.45) is 11.3 Å². The number of carbonyl (C=O) groups excluding carboxylic acids is 4. The molecular formula is C34H48N6O6. The molecule has 1 aromatic carbocycles. The van der Waals surface area contributed by atoms with Crippen molar-refractivity contribution in [2.75, 3.05) is 33.3 Å². The van der Waals surface area contributed by atoms with E-state index < -0.39 is 42.0 Å². The number of amides is 4. The molecule has 4 amide bonds. The third-order valence-corrected chi connectivity index (χ3v) is 9.15. The molecule has 2 bridgehead atoms. The molecule has 3 heterocycles. The number of nitrogens with zero attached hydrogens (tertiary/aromatic N) is 3. The fourth-order valence-electron chi connectivity index (χ4n) is 6.06. The molecular weight excluding hydrogens is 588 g/mol. The summed E-state index contributed by atoms with van der Waals surface area (Å²) in [5, 5.41) is 18.9. The van der Waals surface area contributed by atoms with Crippen molar-refractivity contribution in [1.82, 2.24) is 30.7 Å². The fourth-order valence-corrected chi connectivity index (χ4v) is 6.06. The molecule has 46 heavy (non-hydrogen) atoms. The van der Waals surface area contributed by atoms with Gasteiger partial charge in [0.05, 0.1) is 6.10 Å². The summed E-state index contributed by atoms with van der Waals surface area (Å²) < 4.78 is 5.80. The maximum Gasteiger partial charge on any atom is 0.258 e. The van der Waals surface area contributed by atoms with E-state index in [1.165, 1.54) is 20.9 Å². The molecule has 2 aliphatic heterocycles. The number of likely N-dealkylation sites (N-methyl/N-ethyl adjacent to an activating group) is 1. The van der Waals surface area contributed by atoms with E-state index in [9.17, 15) is 24.3 Å². The van der Waals surface area contributed by atoms with Gasteiger partial charge in [0.1, 0.15) is 23.9 Å². The van der Waals surface area contributed by atoms with E-state index >= 15 is 0 Å². The smallest absolute Gasteiger partial charge is 0.258 e. The molecule has 4 atom stereocenters. The average Bonchev–Trinajstić information content (AvgIpc) is 3.04. The number of hydrogen-bond donors (Lipinski definition) is 4. The molecule has 1 saturated heterocycles. The highest BCUT2D eigenvalue weighted by molar-refractivity contribution is 5.94. The number of piperidine rings is 1. The number of rotatable bonds is 4. The summed E-state index contributed by atoms with van der Waals surface area (Å²) in [4.78, 5) is 60.9. The van der Waals surface area contributed by atoms with Crippen LogP contribution < -0.4 is 20.7 Å². The van der Waals surface area contributed by atoms with Crippen LogP contribution in [0, 0.1) is 11.3 Å². The van der Waals surface area contributed by atoms with Crippen molar-refractivity contribution in [1.29, 1.82) is 0 Å². The van der Waals surface area contributed by atoms with E-state index in [1.54, 1.807) is 12.3 Å². The van der Waals surface area contributed by atoms with Crippen LogP contribution >= 0.6 is 0 Å². The molecule has 12 nitrogen and oxygen atoms in total. The highest BCUT2D eigenvalue weighted by atomic mass is 16.5. The Hall–Kier alpha value is -4.03. The van der Waals surface area contributed by atoms with Gasteiger partial charge < -0.3 is 30.7 Å². The minimum Gasteiger partial charge on any atom is -0.484 e. The number of benzene rings is 1. The lowest BCUT2D eigenvalue weighted by Gasteiger charge is -2.42. The molecule has 250 valence electrons. The van der Waals surface area contributed by atoms with Gasteiger partial charge in [-0.2, -0.15) is 0 Å². The van der Waals surface area contributed by atoms with Crippen LogP contribution in [-0.2, 0) is 32.1 Å². The summed E-state index contributed by atoms with van der Waals surface area (Å²) in [6, 6.07) is 8.46. The lowest BCUT2D eigenvalue weighted by Crippen LogP contribution is -2.59. The molecule has 2 aliphatic rings. The van der Waals surface area contributed by atoms with Gasteiger partial charge in [-0.15, -0.1) is 0 Å². The Kier molecular flexibility index (Phi) is 11.7. The van der Waals surface area contributed by atoms with Gasteiger partial charge in [-0.1, -0.05) is 32.0 Å². The predicted octanol–water partition coefficient (Wildman–Crippen LogP) is 1.27. The molecule has 1 spiro atoms. The third kappa shape index (κ3) is 9.03. The molecule has 1 fully saturated rings. The lowest BCUT2D eigenvalue weighted by molar-refractivity contribution is -0.144. The Morgan fingerprint density at radius 3 is 2.41 bits per heavy atom. The minimum atomic E-state index is -1.29. The highest BCUT2D eigenvalue weighted by Gasteiger charge is 2.38. The molecule has 4 rings (SSSR count). The first-order valence-corrected chi connectivity index (χ1v) is 16.0. The molecule has 2 aromatic rings. The second-order valence-electron chi connectivity index (χ2n) is 13.1. The van der Waals surface area contributed by atoms with Crippen LogP contribution in [0.5, 0.6) is 5.75 Å². The largest absolute Gasteiger partial charge is 0.484 e. The summed E-state index contributed by atoms with van der Waals surface area (Å²) in [7, 11) is 1.42. The number of likely N-dealkylation sites (tertiary alicyclic amines) is 1. The number of ether oxygens (including phenoxy) is 1. The molecule has 1 aromatic heterocycles. The number of aliphatic hydroxyl groups excluding tert-OH is 1. The first kappa shape index (κ1) is 34.8. The van der Waals surface area contributed by atoms with Crippen LogP contribution in [0.4, 0.5) is 0 Å². The Labute approximate surface area is 271 Å². The molecule has 0 unspecified atom stereocenters. The van der Waals surface area contributed by atoms with Crippen molar-refractivity contribution >= 4 is 23.6 Å². The monoisotopic (exact) mass is 636 g/mol. The normalized spacial score (nSPS) is 24.6. The zero-order valence-electron chi connectivity index (χ0n) is 27.5. The van der Waals surface area contributed by atoms with Crippen molar-refractivity contribution in [3.8, 4) is 5.75 Å². The van der Waals surface area contributed by atoms with E-state index in [4.69, 9.17) is 4.74 Å². The van der Waals surface area contributed by atoms with Gasteiger partial charge in [0, 0.05) is 32.5 Å². The average molecular weight is 637 g/mol. The Morgan fingerprint density at radius 2 is 1.76 bits per heavy atom. The van der Waals surface area contributed by atoms with Crippen molar-refractivity contribution in [3.05, 3.63) is 59.9 Å². The zero-order chi connectivity index (χ0) is 33.4. The van der Waals surface area contributed by atoms with Crippen molar-refractivity contribution in [3.63, 3.8) is 0 Å². The molecule has 4 N–H and O–H groups in total. The van der Waals surface area contributed by atoms with Gasteiger partial charge in [-0.3, -0.25) is 29.1 Å². The topological polar surface area (TPSA) is 153 Å². The van der Waals surface area contributed by atoms with Crippen LogP contribution in [0.25, 0.3) is 0 Å². The van der Waals surface area contributed by atoms with Gasteiger partial charge in [-0.25, -0.2) is 0 Å². The van der Waals surface area contributed by atoms with Crippen LogP contribution in [0.15, 0.2) is 48.8 Å². The lowest BCUT2D eigenvalue weighted by atomic mass is 9.73. The minimum absolute atomic E-state index is 0.220. The van der Waals surface area contributed by atoms with Gasteiger partial charge in [0.25, 0.3) is 5.91 Å². The number of nitrogens with one attached hydrogen (secondary N) is 3. The van der Waals surface area contributed by atoms with Crippen LogP contribution in [0.1, 0.15) is 51.7 Å². The summed E-state index contributed by atoms with van der Waals surface area (Å²) >= 11 is 0. The first-order valence-electron chi connectivity index (χ1n) is 16.0. The number of hydrogen-bond acceptors (Lipinski definition) is 8. The Balaban J connectivity index is 1.61. The fraction of sp³-hybridized carbons (Fsp3) is 0.559. The summed E-state index contributed by atoms with van der Waals surface area (Å²) in [5.41, 5.74) is 1.90. The van der Waals surface area contributed by atoms with Crippen LogP contribution in [-0.4, -0.2) is 101 Å². The SMILES string of the molecule is CC(C)[C@H]1NC(=O)[C@H](C)N(C)C(=O)[C@H]([C@@H](C)O)NC(=O)COc2cccc(c2)CC2(CCN(Cc3cccnc3)CC2)CNC1=O. The van der Waals surface area contributed by atoms with E-state index in [1.807, 2.05) is 44.3 Å². The van der Waals surface area contributed by atoms with Gasteiger partial charge in [-0.05, 0) is 86.9 Å². The standard InChI is InChI=1S/C34H48N6O6/c1-22(2)29-32(44)36-21-34(11-14-40(15-12-34)19-26-9-7-13-35-18-26)17-25-8-6-10-27(16-25)46-20-28(42)37-30(24(4)41)33(45)39(5)23(3)31(43)38-29/h6-10,13,16,18,22-24,29-30,41H,11-12,14-15,17,19-21H2,1-5H3,(H,36,44)(H,37,42)(H,38,43)/t23-,24+,29+,30-/m0/s1. The molecule has 0 saturated carbocycles. The van der Waals surface area contributed by atoms with Gasteiger partial charge in [0.15, 0.2) is 6.61 Å². The Morgan fingerprint density at radius 1 is 1.02 bits per heavy atom. The van der Waals surface area contributed by atoms with E-state index in [-0.39, 0.29) is 23.8 Å². The van der Waals surface area contributed by atoms with Crippen molar-refractivity contribution < 1.29 is 29.0 Å². The van der Waals surface area contributed by atoms with E-state index in [2.05, 4.69) is 31.9 Å². The number of fused-ring (bicyclic) bond motifs is 2. The highest BCUT2D eigenvalue weighted by Crippen LogP contribution is 2.36. The van der Waals surface area contributed by atoms with E-state index in [0.29, 0.717) is 18.7 Å². The predicted molar refractivity (Wildman–Crippen MR) is 172 cm³/mol. The van der Waals surface area contributed by atoms with Crippen molar-refractivity contribution in [2.45, 2.75) is 77.7 Å². The Bertz CT molecular complexity index is 1360. The quantitative estimate of drug-likeness (QED) is 0.392. The van der Waals surface area contributed by atoms with Gasteiger partial charge >= 0.3 is 0 Å². The summed E-state index contributed by atoms with van der Waals surface area (Å²) in [6.45, 7) is 9.18. The summed E-state index contributed by atoms with van der Waals surface area (Å²) in [6.07, 6.45) is 4.77. The molecule has 0 aliphatic carbocycles. The van der Waals surface area contributed by atoms with Crippen LogP contribution in [0.3, 0.4) is 0 Å². The maximum absolute atomic E-state index is 13.7. The second-order valence-corrected chi connectivity index (χ2v) is 13.1. The number of pyridine rings is 1. The maximum atomic E-state index is 13.7. The molecule has 0 radical (unpaired) electrons. The van der Waals surface area contributed by atoms with Gasteiger partial charge in [0.2, 0.25) is 17.7 Å². The summed E-state index contributed by atoms with van der Waals surface area (Å²) in [5.74, 6) is -1.75.